The summed E-state index contributed by atoms with van der Waals surface area (Å²) in [5.74, 6) is -5.46. The van der Waals surface area contributed by atoms with Gasteiger partial charge in [0, 0.05) is 0 Å². The van der Waals surface area contributed by atoms with E-state index in [1.807, 2.05) is 0 Å². The van der Waals surface area contributed by atoms with Gasteiger partial charge in [-0.15, -0.1) is 0 Å². The van der Waals surface area contributed by atoms with E-state index in [4.69, 9.17) is 23.2 Å². The molecule has 0 atom stereocenters. The SMILES string of the molecule is CCCCCCc1cc(Cl)ccc1C(=O)Nc1ccc(F)[c]([Ti]([C]2=CC=CC2)([C]2=CC=CC2)[c]2c(F)ccc(NC(=O)c3ccc(Cl)cc3CCCCCC)c2F)c1F. The summed E-state index contributed by atoms with van der Waals surface area (Å²) in [5, 5.41) is 6.22. The zero-order chi connectivity index (χ0) is 42.1. The van der Waals surface area contributed by atoms with Crippen LogP contribution in [-0.4, -0.2) is 11.8 Å². The van der Waals surface area contributed by atoms with Crippen molar-refractivity contribution in [3.05, 3.63) is 160 Å². The molecule has 4 aromatic rings. The molecule has 0 saturated carbocycles. The summed E-state index contributed by atoms with van der Waals surface area (Å²) in [6, 6.07) is 14.1. The number of anilines is 2. The zero-order valence-corrected chi connectivity index (χ0v) is 36.4. The van der Waals surface area contributed by atoms with E-state index >= 15 is 17.6 Å². The summed E-state index contributed by atoms with van der Waals surface area (Å²) in [4.78, 5) is 27.8. The van der Waals surface area contributed by atoms with Crippen molar-refractivity contribution in [1.29, 1.82) is 0 Å². The van der Waals surface area contributed by atoms with Gasteiger partial charge in [-0.3, -0.25) is 0 Å². The second-order valence-electron chi connectivity index (χ2n) is 15.1. The van der Waals surface area contributed by atoms with E-state index in [0.29, 0.717) is 52.9 Å². The van der Waals surface area contributed by atoms with Gasteiger partial charge in [0.25, 0.3) is 0 Å². The molecular formula is C48H48Cl2F4N2O2Ti. The van der Waals surface area contributed by atoms with Crippen LogP contribution in [0.5, 0.6) is 0 Å². The minimum absolute atomic E-state index is 0.195. The van der Waals surface area contributed by atoms with Crippen LogP contribution in [0.4, 0.5) is 28.9 Å². The standard InChI is InChI=1S/2C19H19ClF2NO.2C5H5.Ti/c2*1-2-3-4-5-6-13-11-14(20)7-9-16(13)19(24)23-18-10-8-15(21)12-17(18)22;2*1-2-4-5-3-1;/h2*7-11H,2-6H2,1H3,(H,23,24);2*1-3H,4H2;. The monoisotopic (exact) mass is 878 g/mol. The Hall–Kier alpha value is -4.21. The predicted octanol–water partition coefficient (Wildman–Crippen LogP) is 13.1. The summed E-state index contributed by atoms with van der Waals surface area (Å²) in [7, 11) is 0. The second kappa shape index (κ2) is 20.4. The molecule has 59 heavy (non-hydrogen) atoms. The van der Waals surface area contributed by atoms with Crippen molar-refractivity contribution in [3.8, 4) is 0 Å². The van der Waals surface area contributed by atoms with Crippen LogP contribution in [-0.2, 0) is 29.4 Å². The van der Waals surface area contributed by atoms with Crippen LogP contribution in [0, 0.1) is 23.3 Å². The van der Waals surface area contributed by atoms with Crippen LogP contribution in [0.25, 0.3) is 0 Å². The Bertz CT molecular complexity index is 2190. The summed E-state index contributed by atoms with van der Waals surface area (Å²) in [5.41, 5.74) is 1.31. The van der Waals surface area contributed by atoms with Gasteiger partial charge < -0.3 is 0 Å². The van der Waals surface area contributed by atoms with E-state index in [2.05, 4.69) is 24.5 Å². The molecule has 0 aromatic heterocycles. The van der Waals surface area contributed by atoms with Crippen LogP contribution in [0.3, 0.4) is 0 Å². The average Bonchev–Trinajstić information content (AvgIpc) is 3.96. The van der Waals surface area contributed by atoms with Crippen molar-refractivity contribution in [3.63, 3.8) is 0 Å². The van der Waals surface area contributed by atoms with E-state index in [0.717, 1.165) is 75.6 Å². The summed E-state index contributed by atoms with van der Waals surface area (Å²) >= 11 is 7.31. The first-order chi connectivity index (χ1) is 28.5. The normalized spacial score (nSPS) is 13.5. The Morgan fingerprint density at radius 1 is 0.593 bits per heavy atom. The number of halogens is 6. The molecule has 2 N–H and O–H groups in total. The molecule has 0 unspecified atom stereocenters. The number of hydrogen-bond donors (Lipinski definition) is 2. The number of carbonyl (C=O) groups excluding carboxylic acids is 2. The Morgan fingerprint density at radius 2 is 1.02 bits per heavy atom. The molecular weight excluding hydrogens is 831 g/mol. The van der Waals surface area contributed by atoms with Gasteiger partial charge in [0.15, 0.2) is 0 Å². The third-order valence-corrected chi connectivity index (χ3v) is 19.6. The summed E-state index contributed by atoms with van der Waals surface area (Å²) in [6.07, 6.45) is 19.6. The molecule has 4 aromatic carbocycles. The maximum absolute atomic E-state index is 17.5. The van der Waals surface area contributed by atoms with Gasteiger partial charge in [0.2, 0.25) is 0 Å². The van der Waals surface area contributed by atoms with Crippen molar-refractivity contribution >= 4 is 54.1 Å². The van der Waals surface area contributed by atoms with Crippen molar-refractivity contribution in [2.45, 2.75) is 90.9 Å². The molecule has 11 heteroatoms. The van der Waals surface area contributed by atoms with Gasteiger partial charge in [-0.1, -0.05) is 13.8 Å². The molecule has 0 aliphatic heterocycles. The molecule has 2 aliphatic carbocycles. The van der Waals surface area contributed by atoms with Crippen LogP contribution < -0.4 is 18.4 Å². The number of nitrogens with one attached hydrogen (secondary N) is 2. The molecule has 0 fully saturated rings. The average molecular weight is 880 g/mol. The number of carbonyl (C=O) groups is 2. The number of benzene rings is 4. The quantitative estimate of drug-likeness (QED) is 0.0594. The number of aryl methyl sites for hydroxylation is 2. The Kier molecular flexibility index (Phi) is 15.3. The number of hydrogen-bond acceptors (Lipinski definition) is 2. The van der Waals surface area contributed by atoms with Crippen molar-refractivity contribution in [1.82, 2.24) is 0 Å². The maximum atomic E-state index is 17.5. The molecule has 0 spiro atoms. The molecule has 0 radical (unpaired) electrons. The van der Waals surface area contributed by atoms with Crippen molar-refractivity contribution in [2.75, 3.05) is 10.6 Å². The predicted molar refractivity (Wildman–Crippen MR) is 230 cm³/mol. The fraction of sp³-hybridized carbons (Fsp3) is 0.292. The van der Waals surface area contributed by atoms with Crippen LogP contribution in [0.2, 0.25) is 10.0 Å². The van der Waals surface area contributed by atoms with Gasteiger partial charge in [0.1, 0.15) is 0 Å². The fourth-order valence-corrected chi connectivity index (χ4v) is 16.9. The number of rotatable bonds is 18. The second-order valence-corrected chi connectivity index (χ2v) is 21.9. The third-order valence-electron chi connectivity index (χ3n) is 11.2. The number of allylic oxidation sites excluding steroid dienone is 8. The van der Waals surface area contributed by atoms with Crippen molar-refractivity contribution in [2.24, 2.45) is 0 Å². The number of unbranched alkanes of at least 4 members (excludes halogenated alkanes) is 6. The van der Waals surface area contributed by atoms with E-state index < -0.39 is 59.4 Å². The zero-order valence-electron chi connectivity index (χ0n) is 33.3. The van der Waals surface area contributed by atoms with Gasteiger partial charge in [-0.05, 0) is 0 Å². The first kappa shape index (κ1) is 44.3. The molecule has 0 bridgehead atoms. The van der Waals surface area contributed by atoms with Gasteiger partial charge in [-0.25, -0.2) is 0 Å². The molecule has 4 nitrogen and oxygen atoms in total. The van der Waals surface area contributed by atoms with Gasteiger partial charge in [0.05, 0.1) is 0 Å². The molecule has 0 saturated heterocycles. The van der Waals surface area contributed by atoms with Crippen LogP contribution in [0.15, 0.2) is 105 Å². The Labute approximate surface area is 357 Å². The number of amides is 2. The van der Waals surface area contributed by atoms with Crippen LogP contribution in [0.1, 0.15) is 110 Å². The first-order valence-electron chi connectivity index (χ1n) is 20.4. The van der Waals surface area contributed by atoms with Gasteiger partial charge >= 0.3 is 346 Å². The minimum atomic E-state index is -5.32. The molecule has 308 valence electrons. The van der Waals surface area contributed by atoms with E-state index in [1.54, 1.807) is 72.9 Å². The molecule has 6 rings (SSSR count). The summed E-state index contributed by atoms with van der Waals surface area (Å²) in [6.45, 7) is 4.21. The van der Waals surface area contributed by atoms with Crippen LogP contribution >= 0.6 is 23.2 Å². The molecule has 0 heterocycles. The molecule has 2 amide bonds. The Morgan fingerprint density at radius 3 is 1.39 bits per heavy atom. The summed E-state index contributed by atoms with van der Waals surface area (Å²) < 4.78 is 68.6. The van der Waals surface area contributed by atoms with Gasteiger partial charge in [-0.2, -0.15) is 0 Å². The van der Waals surface area contributed by atoms with Crippen molar-refractivity contribution < 1.29 is 43.7 Å². The van der Waals surface area contributed by atoms with E-state index in [-0.39, 0.29) is 24.2 Å². The Balaban J connectivity index is 1.46. The van der Waals surface area contributed by atoms with E-state index in [1.165, 1.54) is 0 Å². The first-order valence-corrected chi connectivity index (χ1v) is 24.3. The topological polar surface area (TPSA) is 58.2 Å². The van der Waals surface area contributed by atoms with E-state index in [9.17, 15) is 9.59 Å². The third kappa shape index (κ3) is 9.73. The molecule has 2 aliphatic rings. The fourth-order valence-electron chi connectivity index (χ4n) is 8.25.